The maximum Gasteiger partial charge on any atom is 0.267 e. The van der Waals surface area contributed by atoms with Crippen LogP contribution in [0.25, 0.3) is 0 Å². The molecule has 0 radical (unpaired) electrons. The first-order valence-corrected chi connectivity index (χ1v) is 7.24. The molecule has 0 aliphatic rings. The van der Waals surface area contributed by atoms with Crippen LogP contribution in [0.15, 0.2) is 29.2 Å². The molecule has 0 aromatic heterocycles. The highest BCUT2D eigenvalue weighted by Gasteiger charge is 2.15. The van der Waals surface area contributed by atoms with Crippen molar-refractivity contribution in [2.45, 2.75) is 11.3 Å². The van der Waals surface area contributed by atoms with E-state index in [4.69, 9.17) is 15.9 Å². The van der Waals surface area contributed by atoms with Crippen LogP contribution in [0.3, 0.4) is 0 Å². The Morgan fingerprint density at radius 3 is 2.37 bits per heavy atom. The van der Waals surface area contributed by atoms with Crippen LogP contribution in [-0.4, -0.2) is 39.5 Å². The average Bonchev–Trinajstić information content (AvgIpc) is 2.38. The van der Waals surface area contributed by atoms with Gasteiger partial charge in [-0.1, -0.05) is 12.1 Å². The van der Waals surface area contributed by atoms with E-state index < -0.39 is 15.7 Å². The number of carbonyl (C=O) groups is 1. The molecule has 0 heterocycles. The summed E-state index contributed by atoms with van der Waals surface area (Å²) in [5, 5.41) is 7.41. The van der Waals surface area contributed by atoms with Gasteiger partial charge in [-0.25, -0.2) is 8.42 Å². The predicted octanol–water partition coefficient (Wildman–Crippen LogP) is 0.350. The number of primary amides is 1. The second kappa shape index (κ2) is 6.44. The first-order valence-electron chi connectivity index (χ1n) is 5.59. The second-order valence-electron chi connectivity index (χ2n) is 3.93. The molecule has 0 unspecified atom stereocenters. The van der Waals surface area contributed by atoms with Crippen molar-refractivity contribution in [3.05, 3.63) is 29.8 Å². The van der Waals surface area contributed by atoms with Gasteiger partial charge in [0, 0.05) is 19.3 Å². The minimum absolute atomic E-state index is 0.00650. The fraction of sp³-hybridized carbons (Fsp3) is 0.333. The molecule has 0 atom stereocenters. The molecular formula is C12H16N2O4S. The quantitative estimate of drug-likeness (QED) is 0.556. The molecule has 104 valence electrons. The number of nitrogens with two attached hydrogens (primary N) is 1. The van der Waals surface area contributed by atoms with Crippen molar-refractivity contribution in [2.24, 2.45) is 5.73 Å². The molecule has 0 saturated carbocycles. The van der Waals surface area contributed by atoms with Gasteiger partial charge >= 0.3 is 0 Å². The first kappa shape index (κ1) is 15.3. The zero-order chi connectivity index (χ0) is 14.5. The fourth-order valence-corrected chi connectivity index (χ4v) is 2.77. The Morgan fingerprint density at radius 2 is 1.89 bits per heavy atom. The Labute approximate surface area is 112 Å². The maximum atomic E-state index is 11.9. The van der Waals surface area contributed by atoms with Crippen LogP contribution in [0.5, 0.6) is 0 Å². The third kappa shape index (κ3) is 4.15. The standard InChI is InChI=1S/C12H16N2O4S/c1-18-7-2-8-19(16,17)10-5-3-9(4-6-10)11(13)12(14)15/h3-6,13H,2,7-8H2,1H3,(H2,14,15). The summed E-state index contributed by atoms with van der Waals surface area (Å²) in [4.78, 5) is 11.0. The van der Waals surface area contributed by atoms with Crippen LogP contribution in [0, 0.1) is 5.41 Å². The van der Waals surface area contributed by atoms with Crippen LogP contribution in [0.4, 0.5) is 0 Å². The van der Waals surface area contributed by atoms with Crippen molar-refractivity contribution < 1.29 is 17.9 Å². The molecule has 3 N–H and O–H groups in total. The lowest BCUT2D eigenvalue weighted by molar-refractivity contribution is -0.112. The van der Waals surface area contributed by atoms with Crippen LogP contribution in [-0.2, 0) is 19.4 Å². The number of nitrogens with one attached hydrogen (secondary N) is 1. The molecule has 1 aromatic rings. The number of hydrogen-bond donors (Lipinski definition) is 2. The van der Waals surface area contributed by atoms with Gasteiger partial charge in [0.1, 0.15) is 5.71 Å². The first-order chi connectivity index (χ1) is 8.88. The van der Waals surface area contributed by atoms with Crippen molar-refractivity contribution in [2.75, 3.05) is 19.5 Å². The topological polar surface area (TPSA) is 110 Å². The molecule has 0 fully saturated rings. The zero-order valence-electron chi connectivity index (χ0n) is 10.5. The van der Waals surface area contributed by atoms with Gasteiger partial charge < -0.3 is 10.5 Å². The summed E-state index contributed by atoms with van der Waals surface area (Å²) in [5.74, 6) is -0.858. The van der Waals surface area contributed by atoms with E-state index in [-0.39, 0.29) is 16.4 Å². The molecule has 0 saturated heterocycles. The van der Waals surface area contributed by atoms with Gasteiger partial charge in [0.2, 0.25) is 0 Å². The Bertz CT molecular complexity index is 564. The monoisotopic (exact) mass is 284 g/mol. The number of methoxy groups -OCH3 is 1. The molecule has 7 heteroatoms. The van der Waals surface area contributed by atoms with E-state index in [9.17, 15) is 13.2 Å². The smallest absolute Gasteiger partial charge is 0.267 e. The van der Waals surface area contributed by atoms with E-state index in [2.05, 4.69) is 0 Å². The van der Waals surface area contributed by atoms with Crippen LogP contribution < -0.4 is 5.73 Å². The Kier molecular flexibility index (Phi) is 5.20. The van der Waals surface area contributed by atoms with Crippen molar-refractivity contribution >= 4 is 21.5 Å². The van der Waals surface area contributed by atoms with E-state index >= 15 is 0 Å². The molecular weight excluding hydrogens is 268 g/mol. The number of benzene rings is 1. The van der Waals surface area contributed by atoms with Gasteiger partial charge in [0.15, 0.2) is 9.84 Å². The van der Waals surface area contributed by atoms with Gasteiger partial charge in [0.25, 0.3) is 5.91 Å². The molecule has 1 amide bonds. The number of ether oxygens (including phenoxy) is 1. The summed E-state index contributed by atoms with van der Waals surface area (Å²) in [6, 6.07) is 5.54. The Hall–Kier alpha value is -1.73. The third-order valence-electron chi connectivity index (χ3n) is 2.51. The van der Waals surface area contributed by atoms with Crippen molar-refractivity contribution in [3.8, 4) is 0 Å². The molecule has 19 heavy (non-hydrogen) atoms. The van der Waals surface area contributed by atoms with Crippen LogP contribution >= 0.6 is 0 Å². The summed E-state index contributed by atoms with van der Waals surface area (Å²) < 4.78 is 28.6. The molecule has 0 aliphatic heterocycles. The van der Waals surface area contributed by atoms with E-state index in [0.29, 0.717) is 18.6 Å². The van der Waals surface area contributed by atoms with Gasteiger partial charge in [-0.05, 0) is 18.6 Å². The van der Waals surface area contributed by atoms with Gasteiger partial charge in [0.05, 0.1) is 10.6 Å². The molecule has 0 bridgehead atoms. The van der Waals surface area contributed by atoms with E-state index in [1.54, 1.807) is 0 Å². The maximum absolute atomic E-state index is 11.9. The lowest BCUT2D eigenvalue weighted by Crippen LogP contribution is -2.23. The highest BCUT2D eigenvalue weighted by atomic mass is 32.2. The Balaban J connectivity index is 2.86. The van der Waals surface area contributed by atoms with E-state index in [1.165, 1.54) is 31.4 Å². The lowest BCUT2D eigenvalue weighted by atomic mass is 10.1. The van der Waals surface area contributed by atoms with Crippen LogP contribution in [0.2, 0.25) is 0 Å². The second-order valence-corrected chi connectivity index (χ2v) is 6.04. The zero-order valence-corrected chi connectivity index (χ0v) is 11.4. The summed E-state index contributed by atoms with van der Waals surface area (Å²) in [6.45, 7) is 0.379. The van der Waals surface area contributed by atoms with Gasteiger partial charge in [-0.3, -0.25) is 10.2 Å². The average molecular weight is 284 g/mol. The van der Waals surface area contributed by atoms with Gasteiger partial charge in [-0.2, -0.15) is 0 Å². The molecule has 1 rings (SSSR count). The van der Waals surface area contributed by atoms with Gasteiger partial charge in [-0.15, -0.1) is 0 Å². The minimum atomic E-state index is -3.36. The number of sulfone groups is 1. The Morgan fingerprint density at radius 1 is 1.32 bits per heavy atom. The fourth-order valence-electron chi connectivity index (χ4n) is 1.48. The SMILES string of the molecule is COCCCS(=O)(=O)c1ccc(C(=N)C(N)=O)cc1. The summed E-state index contributed by atoms with van der Waals surface area (Å²) in [7, 11) is -1.85. The number of carbonyl (C=O) groups excluding carboxylic acids is 1. The number of amides is 1. The highest BCUT2D eigenvalue weighted by Crippen LogP contribution is 2.13. The largest absolute Gasteiger partial charge is 0.385 e. The highest BCUT2D eigenvalue weighted by molar-refractivity contribution is 7.91. The summed E-state index contributed by atoms with van der Waals surface area (Å²) in [5.41, 5.74) is 4.93. The summed E-state index contributed by atoms with van der Waals surface area (Å²) >= 11 is 0. The number of rotatable bonds is 7. The lowest BCUT2D eigenvalue weighted by Gasteiger charge is -2.05. The van der Waals surface area contributed by atoms with E-state index in [0.717, 1.165) is 0 Å². The van der Waals surface area contributed by atoms with Crippen LogP contribution in [0.1, 0.15) is 12.0 Å². The van der Waals surface area contributed by atoms with E-state index in [1.807, 2.05) is 0 Å². The molecule has 0 aliphatic carbocycles. The molecule has 6 nitrogen and oxygen atoms in total. The van der Waals surface area contributed by atoms with Crippen molar-refractivity contribution in [1.82, 2.24) is 0 Å². The molecule has 0 spiro atoms. The summed E-state index contributed by atoms with van der Waals surface area (Å²) in [6.07, 6.45) is 0.414. The number of hydrogen-bond acceptors (Lipinski definition) is 5. The third-order valence-corrected chi connectivity index (χ3v) is 4.33. The van der Waals surface area contributed by atoms with Crippen molar-refractivity contribution in [3.63, 3.8) is 0 Å². The molecule has 1 aromatic carbocycles. The van der Waals surface area contributed by atoms with Crippen molar-refractivity contribution in [1.29, 1.82) is 5.41 Å². The minimum Gasteiger partial charge on any atom is -0.385 e. The predicted molar refractivity (Wildman–Crippen MR) is 71.0 cm³/mol. The normalized spacial score (nSPS) is 11.2.